The van der Waals surface area contributed by atoms with Gasteiger partial charge in [-0.3, -0.25) is 18.9 Å². The predicted octanol–water partition coefficient (Wildman–Crippen LogP) is -1.93. The minimum Gasteiger partial charge on any atom is -0.503 e. The van der Waals surface area contributed by atoms with E-state index >= 15 is 0 Å². The van der Waals surface area contributed by atoms with Crippen LogP contribution < -0.4 is 27.1 Å². The molecule has 1 aliphatic heterocycles. The van der Waals surface area contributed by atoms with E-state index in [9.17, 15) is 52.4 Å². The van der Waals surface area contributed by atoms with Gasteiger partial charge in [-0.2, -0.15) is 13.1 Å². The number of anilines is 1. The van der Waals surface area contributed by atoms with E-state index in [1.54, 1.807) is 0 Å². The molecule has 2 aromatic heterocycles. The number of aliphatic carboxylic acids is 1. The fraction of sp³-hybridized carbons (Fsp3) is 0.350. The first-order chi connectivity index (χ1) is 19.8. The van der Waals surface area contributed by atoms with Crippen LogP contribution in [-0.4, -0.2) is 96.2 Å². The molecule has 43 heavy (non-hydrogen) atoms. The molecule has 0 bridgehead atoms. The van der Waals surface area contributed by atoms with E-state index in [4.69, 9.17) is 22.2 Å². The molecule has 0 spiro atoms. The number of nitrogen functional groups attached to an aromatic ring is 1. The zero-order valence-electron chi connectivity index (χ0n) is 21.8. The molecule has 0 unspecified atom stereocenters. The molecule has 4 amide bonds. The van der Waals surface area contributed by atoms with Gasteiger partial charge in [0.2, 0.25) is 11.0 Å². The molecule has 234 valence electrons. The predicted molar refractivity (Wildman–Crippen MR) is 145 cm³/mol. The number of nitrogens with zero attached hydrogens (tertiary/aromatic N) is 4. The van der Waals surface area contributed by atoms with Crippen LogP contribution in [0.2, 0.25) is 4.34 Å². The van der Waals surface area contributed by atoms with E-state index in [-0.39, 0.29) is 25.2 Å². The van der Waals surface area contributed by atoms with Gasteiger partial charge in [0.1, 0.15) is 16.1 Å². The number of hydrogen-bond donors (Lipinski definition) is 8. The number of carbonyl (C=O) groups is 4. The number of oxime groups is 1. The first-order valence-corrected chi connectivity index (χ1v) is 14.1. The molecule has 1 saturated heterocycles. The number of aromatic nitrogens is 2. The molecule has 1 fully saturated rings. The number of aromatic hydroxyl groups is 1. The van der Waals surface area contributed by atoms with Crippen molar-refractivity contribution in [1.29, 1.82) is 0 Å². The standard InChI is InChI=1S/C20H23ClN8O12S2/c1-20(2,17(34)35)41-27-13(12-14(21)42-18(22)26-12)15(32)25-11-8(29(16(11)33)43(38,39)40)5-24-19(36)23-4-7-3-9(30)10(31)6-28(7)37/h3,6,8,11,31,37H,4-5H2,1-2H3,(H2,22,26)(H,25,32)(H,34,35)(H2,23,24,36)(H,38,39,40)/t8-,11-/m0/s1. The van der Waals surface area contributed by atoms with Gasteiger partial charge in [0.15, 0.2) is 16.6 Å². The number of urea groups is 1. The number of carboxylic acid groups (broad SMARTS) is 1. The number of pyridine rings is 1. The summed E-state index contributed by atoms with van der Waals surface area (Å²) in [7, 11) is -5.17. The number of carbonyl (C=O) groups excluding carboxylic acids is 3. The van der Waals surface area contributed by atoms with Crippen molar-refractivity contribution in [2.24, 2.45) is 5.16 Å². The molecule has 0 radical (unpaired) electrons. The van der Waals surface area contributed by atoms with E-state index in [1.165, 1.54) is 0 Å². The van der Waals surface area contributed by atoms with Crippen molar-refractivity contribution in [2.45, 2.75) is 38.1 Å². The summed E-state index contributed by atoms with van der Waals surface area (Å²) in [4.78, 5) is 69.8. The highest BCUT2D eigenvalue weighted by molar-refractivity contribution is 7.84. The number of halogens is 1. The van der Waals surface area contributed by atoms with Crippen molar-refractivity contribution < 1.29 is 52.4 Å². The number of carboxylic acids is 1. The third-order valence-corrected chi connectivity index (χ3v) is 7.65. The third-order valence-electron chi connectivity index (χ3n) is 5.62. The Morgan fingerprint density at radius 3 is 2.49 bits per heavy atom. The number of rotatable bonds is 11. The van der Waals surface area contributed by atoms with Crippen LogP contribution in [0.15, 0.2) is 22.2 Å². The largest absolute Gasteiger partial charge is 0.503 e. The quantitative estimate of drug-likeness (QED) is 0.0426. The average Bonchev–Trinajstić information content (AvgIpc) is 3.22. The Bertz CT molecular complexity index is 1670. The van der Waals surface area contributed by atoms with Crippen molar-refractivity contribution in [3.05, 3.63) is 38.2 Å². The summed E-state index contributed by atoms with van der Waals surface area (Å²) in [6.45, 7) is 1.09. The van der Waals surface area contributed by atoms with Gasteiger partial charge in [-0.25, -0.2) is 18.9 Å². The molecule has 3 heterocycles. The number of thiazole rings is 1. The Labute approximate surface area is 249 Å². The van der Waals surface area contributed by atoms with Crippen molar-refractivity contribution in [1.82, 2.24) is 30.0 Å². The van der Waals surface area contributed by atoms with E-state index < -0.39 is 81.8 Å². The summed E-state index contributed by atoms with van der Waals surface area (Å²) >= 11 is 6.79. The second kappa shape index (κ2) is 12.3. The van der Waals surface area contributed by atoms with Crippen LogP contribution >= 0.6 is 22.9 Å². The molecule has 0 aromatic carbocycles. The molecule has 20 nitrogen and oxygen atoms in total. The topological polar surface area (TPSA) is 305 Å². The Morgan fingerprint density at radius 2 is 1.93 bits per heavy atom. The first-order valence-electron chi connectivity index (χ1n) is 11.5. The highest BCUT2D eigenvalue weighted by Gasteiger charge is 2.54. The van der Waals surface area contributed by atoms with Crippen LogP contribution in [0.1, 0.15) is 25.2 Å². The summed E-state index contributed by atoms with van der Waals surface area (Å²) < 4.78 is 33.3. The maximum atomic E-state index is 13.2. The summed E-state index contributed by atoms with van der Waals surface area (Å²) in [6, 6.07) is -3.46. The van der Waals surface area contributed by atoms with Gasteiger partial charge in [0.25, 0.3) is 11.8 Å². The van der Waals surface area contributed by atoms with Crippen LogP contribution in [0.4, 0.5) is 9.93 Å². The summed E-state index contributed by atoms with van der Waals surface area (Å²) in [5.41, 5.74) is 1.57. The van der Waals surface area contributed by atoms with Crippen molar-refractivity contribution in [3.63, 3.8) is 0 Å². The molecule has 3 rings (SSSR count). The molecule has 9 N–H and O–H groups in total. The molecule has 2 aromatic rings. The molecular weight excluding hydrogens is 644 g/mol. The number of nitrogens with one attached hydrogen (secondary N) is 3. The van der Waals surface area contributed by atoms with Crippen LogP contribution in [0, 0.1) is 0 Å². The first kappa shape index (κ1) is 32.8. The SMILES string of the molecule is CC(C)(ON=C(C(=O)N[C@@H]1C(=O)N(S(=O)(=O)O)[C@H]1CNC(=O)NCc1cc(=O)c(O)cn1O)c1nc(N)sc1Cl)C(=O)O. The second-order valence-electron chi connectivity index (χ2n) is 9.07. The van der Waals surface area contributed by atoms with E-state index in [0.717, 1.165) is 31.3 Å². The normalized spacial score (nSPS) is 17.2. The Balaban J connectivity index is 1.79. The molecular formula is C20H23ClN8O12S2. The maximum Gasteiger partial charge on any atom is 0.362 e. The van der Waals surface area contributed by atoms with Crippen molar-refractivity contribution in [2.75, 3.05) is 12.3 Å². The minimum absolute atomic E-state index is 0.0156. The Morgan fingerprint density at radius 1 is 1.28 bits per heavy atom. The fourth-order valence-corrected chi connectivity index (χ4v) is 5.15. The summed E-state index contributed by atoms with van der Waals surface area (Å²) in [6.07, 6.45) is 0.687. The summed E-state index contributed by atoms with van der Waals surface area (Å²) in [5, 5.41) is 38.3. The van der Waals surface area contributed by atoms with Gasteiger partial charge >= 0.3 is 22.3 Å². The molecule has 0 aliphatic carbocycles. The number of amides is 4. The van der Waals surface area contributed by atoms with E-state index in [0.29, 0.717) is 10.9 Å². The average molecular weight is 667 g/mol. The van der Waals surface area contributed by atoms with Gasteiger partial charge in [-0.15, -0.1) is 0 Å². The molecule has 0 saturated carbocycles. The van der Waals surface area contributed by atoms with Gasteiger partial charge in [-0.05, 0) is 13.8 Å². The van der Waals surface area contributed by atoms with Crippen LogP contribution in [0.5, 0.6) is 5.75 Å². The lowest BCUT2D eigenvalue weighted by molar-refractivity contribution is -0.161. The van der Waals surface area contributed by atoms with Crippen LogP contribution in [0.3, 0.4) is 0 Å². The van der Waals surface area contributed by atoms with Crippen LogP contribution in [-0.2, 0) is 36.1 Å². The number of nitrogens with two attached hydrogens (primary N) is 1. The van der Waals surface area contributed by atoms with E-state index in [1.807, 2.05) is 0 Å². The molecule has 1 aliphatic rings. The lowest BCUT2D eigenvalue weighted by Gasteiger charge is -2.44. The van der Waals surface area contributed by atoms with Gasteiger partial charge in [-0.1, -0.05) is 28.1 Å². The smallest absolute Gasteiger partial charge is 0.362 e. The number of β-lactam (4-membered cyclic amide) rings is 1. The monoisotopic (exact) mass is 666 g/mol. The van der Waals surface area contributed by atoms with Crippen molar-refractivity contribution >= 4 is 67.9 Å². The third kappa shape index (κ3) is 7.40. The highest BCUT2D eigenvalue weighted by atomic mass is 35.5. The lowest BCUT2D eigenvalue weighted by Crippen LogP contribution is -2.74. The van der Waals surface area contributed by atoms with Crippen LogP contribution in [0.25, 0.3) is 0 Å². The number of hydrogen-bond acceptors (Lipinski definition) is 14. The van der Waals surface area contributed by atoms with E-state index in [2.05, 4.69) is 26.1 Å². The highest BCUT2D eigenvalue weighted by Crippen LogP contribution is 2.28. The molecule has 2 atom stereocenters. The van der Waals surface area contributed by atoms with Crippen molar-refractivity contribution in [3.8, 4) is 5.75 Å². The zero-order chi connectivity index (χ0) is 32.4. The van der Waals surface area contributed by atoms with Gasteiger partial charge < -0.3 is 41.9 Å². The fourth-order valence-electron chi connectivity index (χ4n) is 3.34. The van der Waals surface area contributed by atoms with Gasteiger partial charge in [0, 0.05) is 12.6 Å². The summed E-state index contributed by atoms with van der Waals surface area (Å²) in [5.74, 6) is -4.78. The maximum absolute atomic E-state index is 13.2. The minimum atomic E-state index is -5.17. The lowest BCUT2D eigenvalue weighted by atomic mass is 9.98. The zero-order valence-corrected chi connectivity index (χ0v) is 24.2. The molecule has 23 heteroatoms. The van der Waals surface area contributed by atoms with Gasteiger partial charge in [0.05, 0.1) is 24.5 Å². The Hall–Kier alpha value is -4.67. The Kier molecular flexibility index (Phi) is 9.38. The second-order valence-corrected chi connectivity index (χ2v) is 12.0.